The van der Waals surface area contributed by atoms with Crippen LogP contribution in [0.3, 0.4) is 0 Å². The molecule has 2 heterocycles. The van der Waals surface area contributed by atoms with Gasteiger partial charge in [-0.1, -0.05) is 18.2 Å². The number of hydrogen-bond acceptors (Lipinski definition) is 4. The molecule has 1 aliphatic heterocycles. The monoisotopic (exact) mass is 387 g/mol. The number of rotatable bonds is 6. The van der Waals surface area contributed by atoms with Gasteiger partial charge in [0.05, 0.1) is 19.8 Å². The van der Waals surface area contributed by atoms with E-state index in [4.69, 9.17) is 4.74 Å². The number of nitrogens with one attached hydrogen (secondary N) is 1. The normalized spacial score (nSPS) is 14.0. The summed E-state index contributed by atoms with van der Waals surface area (Å²) in [7, 11) is 0. The molecule has 1 aromatic carbocycles. The summed E-state index contributed by atoms with van der Waals surface area (Å²) in [6.45, 7) is 6.13. The first kappa shape index (κ1) is 19.4. The number of nitrogens with zero attached hydrogens (tertiary/aromatic N) is 2. The first-order valence-electron chi connectivity index (χ1n) is 9.18. The van der Waals surface area contributed by atoms with Crippen LogP contribution in [-0.2, 0) is 17.8 Å². The Morgan fingerprint density at radius 3 is 2.56 bits per heavy atom. The van der Waals surface area contributed by atoms with Gasteiger partial charge in [0.15, 0.2) is 0 Å². The Morgan fingerprint density at radius 1 is 1.19 bits per heavy atom. The molecule has 6 nitrogen and oxygen atoms in total. The summed E-state index contributed by atoms with van der Waals surface area (Å²) < 4.78 is 5.28. The molecule has 0 atom stereocenters. The minimum absolute atomic E-state index is 0.0296. The molecule has 1 saturated heterocycles. The Balaban J connectivity index is 1.51. The van der Waals surface area contributed by atoms with Crippen LogP contribution in [0.2, 0.25) is 0 Å². The van der Waals surface area contributed by atoms with E-state index >= 15 is 0 Å². The summed E-state index contributed by atoms with van der Waals surface area (Å²) in [5.41, 5.74) is 1.63. The standard InChI is InChI=1S/C20H25N3O3S/c1-2-22(15-18-4-3-13-27-18)20(25)21-14-16-5-7-17(8-6-16)19(24)23-9-11-26-12-10-23/h3-8,13H,2,9-12,14-15H2,1H3,(H,21,25). The molecule has 0 unspecified atom stereocenters. The van der Waals surface area contributed by atoms with Crippen LogP contribution in [0.5, 0.6) is 0 Å². The number of carbonyl (C=O) groups excluding carboxylic acids is 2. The molecule has 1 N–H and O–H groups in total. The second-order valence-electron chi connectivity index (χ2n) is 6.35. The fraction of sp³-hybridized carbons (Fsp3) is 0.400. The topological polar surface area (TPSA) is 61.9 Å². The predicted octanol–water partition coefficient (Wildman–Crippen LogP) is 2.95. The Morgan fingerprint density at radius 2 is 1.93 bits per heavy atom. The average molecular weight is 388 g/mol. The van der Waals surface area contributed by atoms with Gasteiger partial charge in [-0.2, -0.15) is 0 Å². The largest absolute Gasteiger partial charge is 0.378 e. The van der Waals surface area contributed by atoms with Gasteiger partial charge in [-0.15, -0.1) is 11.3 Å². The Kier molecular flexibility index (Phi) is 6.84. The van der Waals surface area contributed by atoms with E-state index in [1.54, 1.807) is 16.2 Å². The number of hydrogen-bond donors (Lipinski definition) is 1. The van der Waals surface area contributed by atoms with Gasteiger partial charge in [-0.05, 0) is 36.1 Å². The van der Waals surface area contributed by atoms with E-state index in [2.05, 4.69) is 5.32 Å². The van der Waals surface area contributed by atoms with Gasteiger partial charge in [-0.3, -0.25) is 4.79 Å². The fourth-order valence-electron chi connectivity index (χ4n) is 2.92. The molecule has 0 saturated carbocycles. The van der Waals surface area contributed by atoms with Crippen LogP contribution in [0, 0.1) is 0 Å². The van der Waals surface area contributed by atoms with Crippen LogP contribution in [0.4, 0.5) is 4.79 Å². The molecule has 2 aromatic rings. The molecule has 144 valence electrons. The van der Waals surface area contributed by atoms with Crippen molar-refractivity contribution in [1.29, 1.82) is 0 Å². The number of urea groups is 1. The third-order valence-corrected chi connectivity index (χ3v) is 5.40. The SMILES string of the molecule is CCN(Cc1cccs1)C(=O)NCc1ccc(C(=O)N2CCOCC2)cc1. The zero-order valence-electron chi connectivity index (χ0n) is 15.5. The zero-order valence-corrected chi connectivity index (χ0v) is 16.3. The van der Waals surface area contributed by atoms with Gasteiger partial charge in [0.1, 0.15) is 0 Å². The van der Waals surface area contributed by atoms with Crippen molar-refractivity contribution in [3.63, 3.8) is 0 Å². The number of benzene rings is 1. The van der Waals surface area contributed by atoms with E-state index in [0.717, 1.165) is 10.4 Å². The van der Waals surface area contributed by atoms with Gasteiger partial charge in [0.2, 0.25) is 0 Å². The number of morpholine rings is 1. The molecule has 3 amide bonds. The minimum atomic E-state index is -0.0839. The molecule has 3 rings (SSSR count). The summed E-state index contributed by atoms with van der Waals surface area (Å²) in [4.78, 5) is 29.6. The highest BCUT2D eigenvalue weighted by atomic mass is 32.1. The van der Waals surface area contributed by atoms with E-state index in [9.17, 15) is 9.59 Å². The molecule has 1 aliphatic rings. The van der Waals surface area contributed by atoms with Gasteiger partial charge >= 0.3 is 6.03 Å². The van der Waals surface area contributed by atoms with E-state index in [-0.39, 0.29) is 11.9 Å². The lowest BCUT2D eigenvalue weighted by atomic mass is 10.1. The number of carbonyl (C=O) groups is 2. The van der Waals surface area contributed by atoms with Crippen molar-refractivity contribution in [2.24, 2.45) is 0 Å². The number of ether oxygens (including phenoxy) is 1. The highest BCUT2D eigenvalue weighted by Gasteiger charge is 2.18. The van der Waals surface area contributed by atoms with Crippen molar-refractivity contribution in [1.82, 2.24) is 15.1 Å². The van der Waals surface area contributed by atoms with E-state index in [1.807, 2.05) is 53.6 Å². The van der Waals surface area contributed by atoms with Crippen molar-refractivity contribution < 1.29 is 14.3 Å². The second-order valence-corrected chi connectivity index (χ2v) is 7.39. The second kappa shape index (κ2) is 9.53. The molecular weight excluding hydrogens is 362 g/mol. The Bertz CT molecular complexity index is 740. The van der Waals surface area contributed by atoms with E-state index in [1.165, 1.54) is 0 Å². The molecule has 1 fully saturated rings. The summed E-state index contributed by atoms with van der Waals surface area (Å²) in [5, 5.41) is 4.97. The number of amides is 3. The maximum atomic E-state index is 12.5. The first-order chi connectivity index (χ1) is 13.2. The minimum Gasteiger partial charge on any atom is -0.378 e. The maximum Gasteiger partial charge on any atom is 0.317 e. The van der Waals surface area contributed by atoms with Gasteiger partial charge in [-0.25, -0.2) is 4.79 Å². The third kappa shape index (κ3) is 5.30. The summed E-state index contributed by atoms with van der Waals surface area (Å²) in [5.74, 6) is 0.0296. The van der Waals surface area contributed by atoms with Crippen LogP contribution in [0.25, 0.3) is 0 Å². The molecule has 0 aliphatic carbocycles. The molecule has 0 radical (unpaired) electrons. The van der Waals surface area contributed by atoms with Gasteiger partial charge < -0.3 is 19.9 Å². The van der Waals surface area contributed by atoms with Crippen LogP contribution in [0.1, 0.15) is 27.7 Å². The van der Waals surface area contributed by atoms with Crippen molar-refractivity contribution in [3.8, 4) is 0 Å². The fourth-order valence-corrected chi connectivity index (χ4v) is 3.64. The van der Waals surface area contributed by atoms with Crippen LogP contribution in [0.15, 0.2) is 41.8 Å². The van der Waals surface area contributed by atoms with Gasteiger partial charge in [0.25, 0.3) is 5.91 Å². The van der Waals surface area contributed by atoms with Crippen molar-refractivity contribution >= 4 is 23.3 Å². The maximum absolute atomic E-state index is 12.5. The van der Waals surface area contributed by atoms with Crippen LogP contribution < -0.4 is 5.32 Å². The quantitative estimate of drug-likeness (QED) is 0.829. The summed E-state index contributed by atoms with van der Waals surface area (Å²) in [6.07, 6.45) is 0. The van der Waals surface area contributed by atoms with Crippen molar-refractivity contribution in [2.75, 3.05) is 32.8 Å². The first-order valence-corrected chi connectivity index (χ1v) is 10.1. The van der Waals surface area contributed by atoms with Gasteiger partial charge in [0, 0.05) is 36.6 Å². The third-order valence-electron chi connectivity index (χ3n) is 4.54. The smallest absolute Gasteiger partial charge is 0.317 e. The number of thiophene rings is 1. The van der Waals surface area contributed by atoms with Crippen LogP contribution >= 0.6 is 11.3 Å². The van der Waals surface area contributed by atoms with E-state index in [0.29, 0.717) is 51.5 Å². The molecule has 27 heavy (non-hydrogen) atoms. The lowest BCUT2D eigenvalue weighted by Crippen LogP contribution is -2.40. The molecule has 0 spiro atoms. The van der Waals surface area contributed by atoms with E-state index < -0.39 is 0 Å². The Labute approximate surface area is 163 Å². The molecule has 7 heteroatoms. The summed E-state index contributed by atoms with van der Waals surface area (Å²) >= 11 is 1.65. The highest BCUT2D eigenvalue weighted by Crippen LogP contribution is 2.12. The predicted molar refractivity (Wildman–Crippen MR) is 106 cm³/mol. The highest BCUT2D eigenvalue weighted by molar-refractivity contribution is 7.09. The molecule has 0 bridgehead atoms. The summed E-state index contributed by atoms with van der Waals surface area (Å²) in [6, 6.07) is 11.4. The Hall–Kier alpha value is -2.38. The van der Waals surface area contributed by atoms with Crippen molar-refractivity contribution in [2.45, 2.75) is 20.0 Å². The van der Waals surface area contributed by atoms with Crippen molar-refractivity contribution in [3.05, 3.63) is 57.8 Å². The lowest BCUT2D eigenvalue weighted by molar-refractivity contribution is 0.0303. The molecule has 1 aromatic heterocycles. The van der Waals surface area contributed by atoms with Crippen LogP contribution in [-0.4, -0.2) is 54.6 Å². The molecular formula is C20H25N3O3S. The lowest BCUT2D eigenvalue weighted by Gasteiger charge is -2.26. The zero-order chi connectivity index (χ0) is 19.1. The average Bonchev–Trinajstić information content (AvgIpc) is 3.24.